The number of benzene rings is 2. The average molecular weight is 320 g/mol. The molecule has 0 aliphatic rings. The summed E-state index contributed by atoms with van der Waals surface area (Å²) in [7, 11) is 0. The molecule has 0 bridgehead atoms. The maximum absolute atomic E-state index is 13.7. The zero-order valence-electron chi connectivity index (χ0n) is 9.56. The maximum atomic E-state index is 13.7. The van der Waals surface area contributed by atoms with Gasteiger partial charge in [0.1, 0.15) is 5.75 Å². The highest BCUT2D eigenvalue weighted by Crippen LogP contribution is 2.29. The van der Waals surface area contributed by atoms with Gasteiger partial charge in [0.2, 0.25) is 0 Å². The molecule has 0 aliphatic carbocycles. The minimum absolute atomic E-state index is 0.0415. The van der Waals surface area contributed by atoms with Crippen molar-refractivity contribution >= 4 is 22.2 Å². The fourth-order valence-electron chi connectivity index (χ4n) is 1.47. The lowest BCUT2D eigenvalue weighted by Crippen LogP contribution is -1.93. The highest BCUT2D eigenvalue weighted by Gasteiger charge is 2.09. The number of halogens is 2. The zero-order chi connectivity index (χ0) is 13.8. The molecular weight excluding hydrogens is 313 g/mol. The van der Waals surface area contributed by atoms with Crippen LogP contribution in [-0.2, 0) is 0 Å². The Labute approximate surface area is 117 Å². The van der Waals surface area contributed by atoms with Gasteiger partial charge in [-0.05, 0) is 36.4 Å². The smallest absolute Gasteiger partial charge is 0.167 e. The largest absolute Gasteiger partial charge is 0.453 e. The third kappa shape index (κ3) is 2.98. The zero-order valence-corrected chi connectivity index (χ0v) is 11.1. The summed E-state index contributed by atoms with van der Waals surface area (Å²) in [5, 5.41) is 8.65. The van der Waals surface area contributed by atoms with Crippen LogP contribution in [0.1, 0.15) is 15.9 Å². The molecular formula is C14H7BrFNO2. The molecule has 0 fully saturated rings. The van der Waals surface area contributed by atoms with E-state index in [0.29, 0.717) is 16.3 Å². The van der Waals surface area contributed by atoms with E-state index in [-0.39, 0.29) is 17.1 Å². The molecule has 2 aromatic rings. The molecule has 0 N–H and O–H groups in total. The molecule has 0 aromatic heterocycles. The van der Waals surface area contributed by atoms with Crippen molar-refractivity contribution in [1.29, 1.82) is 5.26 Å². The standard InChI is InChI=1S/C14H7BrFNO2/c15-11-3-2-10(8-18)14(6-11)19-13-4-1-9(7-17)5-12(13)16/h1-6,8H. The number of nitrogens with zero attached hydrogens (tertiary/aromatic N) is 1. The van der Waals surface area contributed by atoms with Crippen molar-refractivity contribution in [3.8, 4) is 17.6 Å². The lowest BCUT2D eigenvalue weighted by molar-refractivity contribution is 0.112. The predicted octanol–water partition coefficient (Wildman–Crippen LogP) is 4.06. The Morgan fingerprint density at radius 1 is 1.21 bits per heavy atom. The second-order valence-corrected chi connectivity index (χ2v) is 4.57. The number of hydrogen-bond acceptors (Lipinski definition) is 3. The molecule has 2 aromatic carbocycles. The van der Waals surface area contributed by atoms with E-state index in [4.69, 9.17) is 10.00 Å². The molecule has 0 unspecified atom stereocenters. The van der Waals surface area contributed by atoms with Gasteiger partial charge in [0.05, 0.1) is 17.2 Å². The second kappa shape index (κ2) is 5.63. The Morgan fingerprint density at radius 2 is 2.00 bits per heavy atom. The molecule has 0 amide bonds. The summed E-state index contributed by atoms with van der Waals surface area (Å²) < 4.78 is 19.8. The van der Waals surface area contributed by atoms with Crippen molar-refractivity contribution < 1.29 is 13.9 Å². The molecule has 0 heterocycles. The predicted molar refractivity (Wildman–Crippen MR) is 70.7 cm³/mol. The molecule has 0 spiro atoms. The molecule has 0 saturated heterocycles. The highest BCUT2D eigenvalue weighted by atomic mass is 79.9. The molecule has 19 heavy (non-hydrogen) atoms. The molecule has 94 valence electrons. The van der Waals surface area contributed by atoms with Gasteiger partial charge in [0.15, 0.2) is 17.9 Å². The average Bonchev–Trinajstić information content (AvgIpc) is 2.41. The van der Waals surface area contributed by atoms with Crippen molar-refractivity contribution in [1.82, 2.24) is 0 Å². The van der Waals surface area contributed by atoms with Crippen molar-refractivity contribution in [2.75, 3.05) is 0 Å². The van der Waals surface area contributed by atoms with Crippen LogP contribution in [0.3, 0.4) is 0 Å². The normalized spacial score (nSPS) is 9.74. The summed E-state index contributed by atoms with van der Waals surface area (Å²) in [6.45, 7) is 0. The van der Waals surface area contributed by atoms with E-state index < -0.39 is 5.82 Å². The molecule has 0 atom stereocenters. The fourth-order valence-corrected chi connectivity index (χ4v) is 1.81. The van der Waals surface area contributed by atoms with Gasteiger partial charge in [-0.1, -0.05) is 15.9 Å². The minimum Gasteiger partial charge on any atom is -0.453 e. The Morgan fingerprint density at radius 3 is 2.63 bits per heavy atom. The third-order valence-corrected chi connectivity index (χ3v) is 2.88. The van der Waals surface area contributed by atoms with E-state index >= 15 is 0 Å². The second-order valence-electron chi connectivity index (χ2n) is 3.66. The van der Waals surface area contributed by atoms with Crippen molar-refractivity contribution in [3.05, 3.63) is 57.8 Å². The van der Waals surface area contributed by atoms with E-state index in [0.717, 1.165) is 6.07 Å². The van der Waals surface area contributed by atoms with Gasteiger partial charge in [-0.25, -0.2) is 4.39 Å². The Hall–Kier alpha value is -2.19. The van der Waals surface area contributed by atoms with E-state index in [1.807, 2.05) is 6.07 Å². The lowest BCUT2D eigenvalue weighted by atomic mass is 10.2. The van der Waals surface area contributed by atoms with Crippen molar-refractivity contribution in [2.24, 2.45) is 0 Å². The van der Waals surface area contributed by atoms with Crippen LogP contribution in [0.5, 0.6) is 11.5 Å². The number of hydrogen-bond donors (Lipinski definition) is 0. The molecule has 0 aliphatic heterocycles. The van der Waals surface area contributed by atoms with E-state index in [2.05, 4.69) is 15.9 Å². The number of carbonyl (C=O) groups is 1. The fraction of sp³-hybridized carbons (Fsp3) is 0. The van der Waals surface area contributed by atoms with Crippen LogP contribution < -0.4 is 4.74 Å². The van der Waals surface area contributed by atoms with Crippen LogP contribution in [-0.4, -0.2) is 6.29 Å². The topological polar surface area (TPSA) is 50.1 Å². The van der Waals surface area contributed by atoms with Crippen LogP contribution >= 0.6 is 15.9 Å². The van der Waals surface area contributed by atoms with Gasteiger partial charge in [0.25, 0.3) is 0 Å². The highest BCUT2D eigenvalue weighted by molar-refractivity contribution is 9.10. The van der Waals surface area contributed by atoms with Crippen LogP contribution in [0.4, 0.5) is 4.39 Å². The van der Waals surface area contributed by atoms with Crippen molar-refractivity contribution in [2.45, 2.75) is 0 Å². The molecule has 0 radical (unpaired) electrons. The molecule has 2 rings (SSSR count). The first-order valence-corrected chi connectivity index (χ1v) is 6.05. The SMILES string of the molecule is N#Cc1ccc(Oc2cc(Br)ccc2C=O)c(F)c1. The first-order valence-electron chi connectivity index (χ1n) is 5.26. The number of ether oxygens (including phenoxy) is 1. The van der Waals surface area contributed by atoms with Gasteiger partial charge in [-0.3, -0.25) is 4.79 Å². The first kappa shape index (κ1) is 13.2. The summed E-state index contributed by atoms with van der Waals surface area (Å²) in [6.07, 6.45) is 0.628. The summed E-state index contributed by atoms with van der Waals surface area (Å²) >= 11 is 3.25. The first-order chi connectivity index (χ1) is 9.13. The number of aldehydes is 1. The maximum Gasteiger partial charge on any atom is 0.167 e. The van der Waals surface area contributed by atoms with E-state index in [1.165, 1.54) is 12.1 Å². The Bertz CT molecular complexity index is 680. The summed E-state index contributed by atoms with van der Waals surface area (Å²) in [4.78, 5) is 10.9. The van der Waals surface area contributed by atoms with Crippen LogP contribution in [0.2, 0.25) is 0 Å². The Balaban J connectivity index is 2.39. The van der Waals surface area contributed by atoms with E-state index in [9.17, 15) is 9.18 Å². The van der Waals surface area contributed by atoms with Gasteiger partial charge in [0, 0.05) is 4.47 Å². The molecule has 3 nitrogen and oxygen atoms in total. The monoisotopic (exact) mass is 319 g/mol. The number of carbonyl (C=O) groups excluding carboxylic acids is 1. The van der Waals surface area contributed by atoms with E-state index in [1.54, 1.807) is 18.2 Å². The van der Waals surface area contributed by atoms with Gasteiger partial charge in [-0.15, -0.1) is 0 Å². The number of nitriles is 1. The van der Waals surface area contributed by atoms with Crippen LogP contribution in [0.15, 0.2) is 40.9 Å². The number of rotatable bonds is 3. The Kier molecular flexibility index (Phi) is 3.93. The van der Waals surface area contributed by atoms with Gasteiger partial charge in [-0.2, -0.15) is 5.26 Å². The minimum atomic E-state index is -0.657. The third-order valence-electron chi connectivity index (χ3n) is 2.38. The van der Waals surface area contributed by atoms with Gasteiger partial charge < -0.3 is 4.74 Å². The van der Waals surface area contributed by atoms with Gasteiger partial charge >= 0.3 is 0 Å². The quantitative estimate of drug-likeness (QED) is 0.801. The van der Waals surface area contributed by atoms with Crippen molar-refractivity contribution in [3.63, 3.8) is 0 Å². The van der Waals surface area contributed by atoms with Crippen LogP contribution in [0, 0.1) is 17.1 Å². The summed E-state index contributed by atoms with van der Waals surface area (Å²) in [6, 6.07) is 10.5. The summed E-state index contributed by atoms with van der Waals surface area (Å²) in [5.41, 5.74) is 0.515. The molecule has 0 saturated carbocycles. The lowest BCUT2D eigenvalue weighted by Gasteiger charge is -2.09. The summed E-state index contributed by atoms with van der Waals surface area (Å²) in [5.74, 6) is -0.455. The molecule has 5 heteroatoms. The van der Waals surface area contributed by atoms with Crippen LogP contribution in [0.25, 0.3) is 0 Å².